The minimum Gasteiger partial charge on any atom is -0.377 e. The standard InChI is InChI=1S/C10H13BrN2O/c1-8-7-14-6-5-13(8)10-4-2-3-9(11)12-10/h2-4,8H,5-7H2,1H3. The van der Waals surface area contributed by atoms with E-state index in [0.29, 0.717) is 6.04 Å². The Morgan fingerprint density at radius 1 is 1.57 bits per heavy atom. The molecule has 1 aromatic rings. The Morgan fingerprint density at radius 2 is 2.43 bits per heavy atom. The maximum absolute atomic E-state index is 5.38. The van der Waals surface area contributed by atoms with Crippen molar-refractivity contribution < 1.29 is 4.74 Å². The van der Waals surface area contributed by atoms with E-state index in [0.717, 1.165) is 30.2 Å². The molecule has 3 nitrogen and oxygen atoms in total. The fourth-order valence-corrected chi connectivity index (χ4v) is 1.96. The summed E-state index contributed by atoms with van der Waals surface area (Å²) in [5, 5.41) is 0. The summed E-state index contributed by atoms with van der Waals surface area (Å²) in [6.45, 7) is 4.65. The van der Waals surface area contributed by atoms with Crippen LogP contribution in [0.5, 0.6) is 0 Å². The highest BCUT2D eigenvalue weighted by Crippen LogP contribution is 2.19. The van der Waals surface area contributed by atoms with Gasteiger partial charge in [-0.3, -0.25) is 0 Å². The Bertz CT molecular complexity index is 319. The first kappa shape index (κ1) is 9.93. The van der Waals surface area contributed by atoms with Crippen molar-refractivity contribution in [3.05, 3.63) is 22.8 Å². The van der Waals surface area contributed by atoms with E-state index < -0.39 is 0 Å². The number of rotatable bonds is 1. The largest absolute Gasteiger partial charge is 0.377 e. The highest BCUT2D eigenvalue weighted by molar-refractivity contribution is 9.10. The van der Waals surface area contributed by atoms with Crippen LogP contribution in [0.2, 0.25) is 0 Å². The van der Waals surface area contributed by atoms with Gasteiger partial charge in [0.1, 0.15) is 10.4 Å². The first-order chi connectivity index (χ1) is 6.77. The third-order valence-corrected chi connectivity index (χ3v) is 2.80. The number of ether oxygens (including phenoxy) is 1. The van der Waals surface area contributed by atoms with E-state index in [9.17, 15) is 0 Å². The van der Waals surface area contributed by atoms with Gasteiger partial charge in [0.2, 0.25) is 0 Å². The lowest BCUT2D eigenvalue weighted by Crippen LogP contribution is -2.44. The first-order valence-corrected chi connectivity index (χ1v) is 5.53. The molecule has 0 saturated carbocycles. The lowest BCUT2D eigenvalue weighted by Gasteiger charge is -2.34. The highest BCUT2D eigenvalue weighted by atomic mass is 79.9. The molecule has 1 fully saturated rings. The number of hydrogen-bond donors (Lipinski definition) is 0. The summed E-state index contributed by atoms with van der Waals surface area (Å²) < 4.78 is 6.27. The van der Waals surface area contributed by atoms with Gasteiger partial charge >= 0.3 is 0 Å². The third-order valence-electron chi connectivity index (χ3n) is 2.36. The zero-order valence-electron chi connectivity index (χ0n) is 8.11. The minimum absolute atomic E-state index is 0.408. The van der Waals surface area contributed by atoms with E-state index in [-0.39, 0.29) is 0 Å². The van der Waals surface area contributed by atoms with Gasteiger partial charge < -0.3 is 9.64 Å². The zero-order valence-corrected chi connectivity index (χ0v) is 9.70. The fourth-order valence-electron chi connectivity index (χ4n) is 1.63. The highest BCUT2D eigenvalue weighted by Gasteiger charge is 2.19. The van der Waals surface area contributed by atoms with E-state index in [2.05, 4.69) is 32.7 Å². The Hall–Kier alpha value is -0.610. The molecule has 0 bridgehead atoms. The van der Waals surface area contributed by atoms with Crippen LogP contribution in [0.1, 0.15) is 6.92 Å². The number of hydrogen-bond acceptors (Lipinski definition) is 3. The van der Waals surface area contributed by atoms with Crippen LogP contribution in [0, 0.1) is 0 Å². The SMILES string of the molecule is CC1COCCN1c1cccc(Br)n1. The zero-order chi connectivity index (χ0) is 9.97. The molecule has 2 rings (SSSR count). The summed E-state index contributed by atoms with van der Waals surface area (Å²) >= 11 is 3.38. The van der Waals surface area contributed by atoms with Gasteiger partial charge in [-0.15, -0.1) is 0 Å². The third kappa shape index (κ3) is 2.07. The summed E-state index contributed by atoms with van der Waals surface area (Å²) in [7, 11) is 0. The van der Waals surface area contributed by atoms with Crippen molar-refractivity contribution in [3.63, 3.8) is 0 Å². The van der Waals surface area contributed by atoms with Gasteiger partial charge in [-0.2, -0.15) is 0 Å². The number of aromatic nitrogens is 1. The Balaban J connectivity index is 2.20. The van der Waals surface area contributed by atoms with Crippen molar-refractivity contribution in [1.29, 1.82) is 0 Å². The van der Waals surface area contributed by atoms with Crippen molar-refractivity contribution in [1.82, 2.24) is 4.98 Å². The van der Waals surface area contributed by atoms with Crippen LogP contribution in [0.15, 0.2) is 22.8 Å². The predicted octanol–water partition coefficient (Wildman–Crippen LogP) is 2.07. The second kappa shape index (κ2) is 4.28. The van der Waals surface area contributed by atoms with Crippen molar-refractivity contribution in [2.75, 3.05) is 24.7 Å². The summed E-state index contributed by atoms with van der Waals surface area (Å²) in [4.78, 5) is 6.71. The molecular formula is C10H13BrN2O. The lowest BCUT2D eigenvalue weighted by atomic mass is 10.2. The Labute approximate surface area is 92.2 Å². The van der Waals surface area contributed by atoms with Crippen LogP contribution in [0.3, 0.4) is 0 Å². The topological polar surface area (TPSA) is 25.4 Å². The van der Waals surface area contributed by atoms with Crippen molar-refractivity contribution in [2.24, 2.45) is 0 Å². The van der Waals surface area contributed by atoms with Gasteiger partial charge in [0, 0.05) is 6.54 Å². The van der Waals surface area contributed by atoms with Gasteiger partial charge in [-0.1, -0.05) is 6.07 Å². The molecule has 1 unspecified atom stereocenters. The molecule has 0 aromatic carbocycles. The maximum atomic E-state index is 5.38. The van der Waals surface area contributed by atoms with Crippen LogP contribution in [-0.2, 0) is 4.74 Å². The molecule has 0 spiro atoms. The number of morpholine rings is 1. The molecule has 0 amide bonds. The molecule has 1 aliphatic rings. The smallest absolute Gasteiger partial charge is 0.130 e. The molecule has 1 aliphatic heterocycles. The molecular weight excluding hydrogens is 244 g/mol. The normalized spacial score (nSPS) is 22.4. The monoisotopic (exact) mass is 256 g/mol. The molecule has 4 heteroatoms. The first-order valence-electron chi connectivity index (χ1n) is 4.74. The van der Waals surface area contributed by atoms with E-state index in [1.165, 1.54) is 0 Å². The van der Waals surface area contributed by atoms with Crippen LogP contribution >= 0.6 is 15.9 Å². The van der Waals surface area contributed by atoms with Gasteiger partial charge in [-0.25, -0.2) is 4.98 Å². The summed E-state index contributed by atoms with van der Waals surface area (Å²) in [6.07, 6.45) is 0. The number of anilines is 1. The molecule has 76 valence electrons. The van der Waals surface area contributed by atoms with Gasteiger partial charge in [0.25, 0.3) is 0 Å². The van der Waals surface area contributed by atoms with Crippen LogP contribution in [-0.4, -0.2) is 30.8 Å². The average molecular weight is 257 g/mol. The summed E-state index contributed by atoms with van der Waals surface area (Å²) in [5.74, 6) is 1.02. The van der Waals surface area contributed by atoms with E-state index in [1.54, 1.807) is 0 Å². The van der Waals surface area contributed by atoms with E-state index >= 15 is 0 Å². The second-order valence-corrected chi connectivity index (χ2v) is 4.25. The quantitative estimate of drug-likeness (QED) is 0.720. The fraction of sp³-hybridized carbons (Fsp3) is 0.500. The molecule has 1 aromatic heterocycles. The van der Waals surface area contributed by atoms with Gasteiger partial charge in [0.15, 0.2) is 0 Å². The molecule has 0 radical (unpaired) electrons. The Kier molecular flexibility index (Phi) is 3.03. The van der Waals surface area contributed by atoms with Crippen molar-refractivity contribution >= 4 is 21.7 Å². The van der Waals surface area contributed by atoms with E-state index in [4.69, 9.17) is 4.74 Å². The Morgan fingerprint density at radius 3 is 3.14 bits per heavy atom. The summed E-state index contributed by atoms with van der Waals surface area (Å²) in [6, 6.07) is 6.39. The van der Waals surface area contributed by atoms with Gasteiger partial charge in [0.05, 0.1) is 19.3 Å². The molecule has 14 heavy (non-hydrogen) atoms. The van der Waals surface area contributed by atoms with Crippen LogP contribution < -0.4 is 4.90 Å². The second-order valence-electron chi connectivity index (χ2n) is 3.44. The molecule has 0 N–H and O–H groups in total. The molecule has 0 aliphatic carbocycles. The number of halogens is 1. The summed E-state index contributed by atoms with van der Waals surface area (Å²) in [5.41, 5.74) is 0. The van der Waals surface area contributed by atoms with Crippen molar-refractivity contribution in [2.45, 2.75) is 13.0 Å². The van der Waals surface area contributed by atoms with E-state index in [1.807, 2.05) is 18.2 Å². The average Bonchev–Trinajstić information content (AvgIpc) is 2.18. The van der Waals surface area contributed by atoms with Crippen LogP contribution in [0.25, 0.3) is 0 Å². The predicted molar refractivity (Wildman–Crippen MR) is 59.6 cm³/mol. The van der Waals surface area contributed by atoms with Crippen molar-refractivity contribution in [3.8, 4) is 0 Å². The minimum atomic E-state index is 0.408. The number of pyridine rings is 1. The lowest BCUT2D eigenvalue weighted by molar-refractivity contribution is 0.0985. The molecule has 2 heterocycles. The molecule has 1 saturated heterocycles. The van der Waals surface area contributed by atoms with Crippen LogP contribution in [0.4, 0.5) is 5.82 Å². The number of nitrogens with zero attached hydrogens (tertiary/aromatic N) is 2. The molecule has 1 atom stereocenters. The van der Waals surface area contributed by atoms with Gasteiger partial charge in [-0.05, 0) is 35.0 Å². The maximum Gasteiger partial charge on any atom is 0.130 e.